The third-order valence-corrected chi connectivity index (χ3v) is 8.41. The third-order valence-electron chi connectivity index (χ3n) is 5.31. The Hall–Kier alpha value is -2.16. The van der Waals surface area contributed by atoms with E-state index in [-0.39, 0.29) is 15.7 Å². The van der Waals surface area contributed by atoms with Crippen LogP contribution < -0.4 is 4.72 Å². The Labute approximate surface area is 171 Å². The van der Waals surface area contributed by atoms with E-state index >= 15 is 0 Å². The lowest BCUT2D eigenvalue weighted by Gasteiger charge is -2.12. The number of alkyl halides is 3. The molecule has 0 bridgehead atoms. The molecule has 1 aliphatic carbocycles. The lowest BCUT2D eigenvalue weighted by atomic mass is 9.98. The predicted octanol–water partition coefficient (Wildman–Crippen LogP) is 5.44. The Bertz CT molecular complexity index is 1120. The zero-order chi connectivity index (χ0) is 20.9. The quantitative estimate of drug-likeness (QED) is 0.578. The van der Waals surface area contributed by atoms with Gasteiger partial charge in [0.25, 0.3) is 0 Å². The highest BCUT2D eigenvalue weighted by molar-refractivity contribution is 7.91. The Morgan fingerprint density at radius 2 is 1.66 bits per heavy atom. The van der Waals surface area contributed by atoms with Crippen LogP contribution in [0.1, 0.15) is 24.5 Å². The van der Waals surface area contributed by atoms with Crippen molar-refractivity contribution in [2.24, 2.45) is 0 Å². The van der Waals surface area contributed by atoms with E-state index in [1.54, 1.807) is 6.07 Å². The first-order valence-electron chi connectivity index (χ1n) is 8.95. The monoisotopic (exact) mass is 437 g/mol. The molecule has 0 aliphatic heterocycles. The average molecular weight is 438 g/mol. The Morgan fingerprint density at radius 3 is 2.28 bits per heavy atom. The largest absolute Gasteiger partial charge is 0.416 e. The lowest BCUT2D eigenvalue weighted by Crippen LogP contribution is -2.29. The molecule has 1 saturated carbocycles. The topological polar surface area (TPSA) is 46.2 Å². The van der Waals surface area contributed by atoms with Crippen molar-refractivity contribution in [3.63, 3.8) is 0 Å². The first-order valence-corrected chi connectivity index (χ1v) is 11.2. The standard InChI is InChI=1S/C21H18F3NO2S2/c1-20(15-5-3-2-4-6-15)13-18(20)25-29(26,27)19-12-11-17(28-19)14-7-9-16(10-8-14)21(22,23)24/h2-12,18,25H,13H2,1H3/t18-,20+/m0/s1. The Kier molecular flexibility index (Phi) is 4.83. The van der Waals surface area contributed by atoms with Crippen LogP contribution in [0.25, 0.3) is 10.4 Å². The van der Waals surface area contributed by atoms with E-state index in [0.29, 0.717) is 16.9 Å². The molecule has 3 aromatic rings. The second-order valence-electron chi connectivity index (χ2n) is 7.36. The lowest BCUT2D eigenvalue weighted by molar-refractivity contribution is -0.137. The highest BCUT2D eigenvalue weighted by Crippen LogP contribution is 2.48. The van der Waals surface area contributed by atoms with E-state index < -0.39 is 21.8 Å². The van der Waals surface area contributed by atoms with Crippen LogP contribution in [0.2, 0.25) is 0 Å². The number of thiophene rings is 1. The van der Waals surface area contributed by atoms with Gasteiger partial charge in [0, 0.05) is 16.3 Å². The number of sulfonamides is 1. The minimum absolute atomic E-state index is 0.148. The fourth-order valence-electron chi connectivity index (χ4n) is 3.36. The fourth-order valence-corrected chi connectivity index (χ4v) is 6.04. The van der Waals surface area contributed by atoms with Crippen LogP contribution in [0, 0.1) is 0 Å². The van der Waals surface area contributed by atoms with Crippen molar-refractivity contribution >= 4 is 21.4 Å². The number of hydrogen-bond acceptors (Lipinski definition) is 3. The van der Waals surface area contributed by atoms with Crippen LogP contribution in [0.3, 0.4) is 0 Å². The molecule has 0 amide bonds. The molecule has 8 heteroatoms. The molecule has 0 radical (unpaired) electrons. The molecule has 1 N–H and O–H groups in total. The van der Waals surface area contributed by atoms with E-state index in [9.17, 15) is 21.6 Å². The molecule has 29 heavy (non-hydrogen) atoms. The maximum Gasteiger partial charge on any atom is 0.416 e. The number of benzene rings is 2. The highest BCUT2D eigenvalue weighted by Gasteiger charge is 2.53. The first kappa shape index (κ1) is 20.1. The van der Waals surface area contributed by atoms with Gasteiger partial charge in [0.15, 0.2) is 0 Å². The summed E-state index contributed by atoms with van der Waals surface area (Å²) in [5, 5.41) is 0. The molecule has 0 saturated heterocycles. The second-order valence-corrected chi connectivity index (χ2v) is 10.4. The van der Waals surface area contributed by atoms with Crippen LogP contribution in [-0.4, -0.2) is 14.5 Å². The van der Waals surface area contributed by atoms with Crippen molar-refractivity contribution in [2.75, 3.05) is 0 Å². The molecule has 3 nitrogen and oxygen atoms in total. The molecule has 0 spiro atoms. The summed E-state index contributed by atoms with van der Waals surface area (Å²) in [6.07, 6.45) is -3.69. The number of rotatable bonds is 5. The minimum atomic E-state index is -4.40. The van der Waals surface area contributed by atoms with Gasteiger partial charge in [-0.25, -0.2) is 13.1 Å². The molecule has 0 unspecified atom stereocenters. The van der Waals surface area contributed by atoms with Gasteiger partial charge in [-0.2, -0.15) is 13.2 Å². The van der Waals surface area contributed by atoms with Gasteiger partial charge in [-0.05, 0) is 41.8 Å². The summed E-state index contributed by atoms with van der Waals surface area (Å²) in [7, 11) is -3.71. The van der Waals surface area contributed by atoms with Crippen molar-refractivity contribution < 1.29 is 21.6 Å². The van der Waals surface area contributed by atoms with Gasteiger partial charge in [0.2, 0.25) is 10.0 Å². The summed E-state index contributed by atoms with van der Waals surface area (Å²) >= 11 is 1.04. The maximum atomic E-state index is 12.8. The van der Waals surface area contributed by atoms with Crippen LogP contribution in [-0.2, 0) is 21.6 Å². The minimum Gasteiger partial charge on any atom is -0.206 e. The molecular formula is C21H18F3NO2S2. The van der Waals surface area contributed by atoms with Crippen LogP contribution >= 0.6 is 11.3 Å². The molecule has 152 valence electrons. The zero-order valence-electron chi connectivity index (χ0n) is 15.4. The average Bonchev–Trinajstić information content (AvgIpc) is 3.09. The van der Waals surface area contributed by atoms with Crippen molar-refractivity contribution in [1.82, 2.24) is 4.72 Å². The zero-order valence-corrected chi connectivity index (χ0v) is 17.0. The van der Waals surface area contributed by atoms with Crippen molar-refractivity contribution in [3.8, 4) is 10.4 Å². The number of halogens is 3. The van der Waals surface area contributed by atoms with E-state index in [1.807, 2.05) is 37.3 Å². The van der Waals surface area contributed by atoms with Crippen LogP contribution in [0.15, 0.2) is 70.9 Å². The fraction of sp³-hybridized carbons (Fsp3) is 0.238. The molecule has 2 aromatic carbocycles. The van der Waals surface area contributed by atoms with Gasteiger partial charge >= 0.3 is 6.18 Å². The second kappa shape index (κ2) is 6.97. The molecule has 1 heterocycles. The SMILES string of the molecule is C[C@]1(c2ccccc2)C[C@@H]1NS(=O)(=O)c1ccc(-c2ccc(C(F)(F)F)cc2)s1. The van der Waals surface area contributed by atoms with Gasteiger partial charge in [-0.3, -0.25) is 0 Å². The Morgan fingerprint density at radius 1 is 1.00 bits per heavy atom. The number of hydrogen-bond donors (Lipinski definition) is 1. The molecule has 1 aliphatic rings. The van der Waals surface area contributed by atoms with Crippen LogP contribution in [0.4, 0.5) is 13.2 Å². The van der Waals surface area contributed by atoms with Gasteiger partial charge in [-0.1, -0.05) is 49.4 Å². The molecule has 1 aromatic heterocycles. The summed E-state index contributed by atoms with van der Waals surface area (Å²) in [5.41, 5.74) is 0.664. The molecule has 2 atom stereocenters. The van der Waals surface area contributed by atoms with Gasteiger partial charge < -0.3 is 0 Å². The third kappa shape index (κ3) is 3.97. The summed E-state index contributed by atoms with van der Waals surface area (Å²) in [4.78, 5) is 0.598. The van der Waals surface area contributed by atoms with Crippen LogP contribution in [0.5, 0.6) is 0 Å². The van der Waals surface area contributed by atoms with Gasteiger partial charge in [0.05, 0.1) is 5.56 Å². The Balaban J connectivity index is 1.50. The summed E-state index contributed by atoms with van der Waals surface area (Å²) in [5.74, 6) is 0. The summed E-state index contributed by atoms with van der Waals surface area (Å²) in [6, 6.07) is 17.4. The predicted molar refractivity (Wildman–Crippen MR) is 107 cm³/mol. The first-order chi connectivity index (χ1) is 13.6. The smallest absolute Gasteiger partial charge is 0.206 e. The number of nitrogens with one attached hydrogen (secondary N) is 1. The molecule has 1 fully saturated rings. The summed E-state index contributed by atoms with van der Waals surface area (Å²) < 4.78 is 66.6. The van der Waals surface area contributed by atoms with Crippen molar-refractivity contribution in [1.29, 1.82) is 0 Å². The highest BCUT2D eigenvalue weighted by atomic mass is 32.2. The van der Waals surface area contributed by atoms with Gasteiger partial charge in [-0.15, -0.1) is 11.3 Å². The molecular weight excluding hydrogens is 419 g/mol. The van der Waals surface area contributed by atoms with Crippen molar-refractivity contribution in [3.05, 3.63) is 77.9 Å². The van der Waals surface area contributed by atoms with Crippen molar-refractivity contribution in [2.45, 2.75) is 35.2 Å². The van der Waals surface area contributed by atoms with Gasteiger partial charge in [0.1, 0.15) is 4.21 Å². The summed E-state index contributed by atoms with van der Waals surface area (Å²) in [6.45, 7) is 2.03. The van der Waals surface area contributed by atoms with E-state index in [1.165, 1.54) is 18.2 Å². The van der Waals surface area contributed by atoms with E-state index in [0.717, 1.165) is 29.0 Å². The van der Waals surface area contributed by atoms with E-state index in [4.69, 9.17) is 0 Å². The van der Waals surface area contributed by atoms with E-state index in [2.05, 4.69) is 4.72 Å². The normalized spacial score (nSPS) is 21.9. The maximum absolute atomic E-state index is 12.8. The molecule has 4 rings (SSSR count).